The standard InChI is InChI=1S/C24H23N4O5/c1-32-22-10-9-16(19-7-2-3-8-20(19)22)13-27-14-18(29)12-21(27)24-25-23(26-33-24)15-5-4-6-17(11-15)28(30)31/h2-11,18,21,29-30H,12-14H2,1H3/q-1. The maximum Gasteiger partial charge on any atom is 0.244 e. The van der Waals surface area contributed by atoms with Crippen LogP contribution in [-0.4, -0.2) is 45.1 Å². The number of methoxy groups -OCH3 is 1. The predicted octanol–water partition coefficient (Wildman–Crippen LogP) is 3.90. The molecular formula is C24H23N4O5-. The van der Waals surface area contributed by atoms with E-state index in [-0.39, 0.29) is 17.0 Å². The Morgan fingerprint density at radius 2 is 1.97 bits per heavy atom. The van der Waals surface area contributed by atoms with E-state index in [2.05, 4.69) is 21.1 Å². The molecule has 1 saturated heterocycles. The topological polar surface area (TPSA) is 118 Å². The molecule has 33 heavy (non-hydrogen) atoms. The highest BCUT2D eigenvalue weighted by Crippen LogP contribution is 2.36. The molecule has 0 saturated carbocycles. The van der Waals surface area contributed by atoms with E-state index in [1.165, 1.54) is 12.1 Å². The minimum absolute atomic E-state index is 0.0724. The normalized spacial score (nSPS) is 18.7. The minimum Gasteiger partial charge on any atom is -0.733 e. The number of likely N-dealkylation sites (tertiary alicyclic amines) is 1. The first kappa shape index (κ1) is 21.4. The summed E-state index contributed by atoms with van der Waals surface area (Å²) >= 11 is 0. The molecule has 5 rings (SSSR count). The first-order valence-electron chi connectivity index (χ1n) is 10.6. The third kappa shape index (κ3) is 4.14. The van der Waals surface area contributed by atoms with Crippen molar-refractivity contribution in [3.05, 3.63) is 77.3 Å². The molecule has 3 aromatic carbocycles. The summed E-state index contributed by atoms with van der Waals surface area (Å²) in [5.41, 5.74) is 1.73. The van der Waals surface area contributed by atoms with Crippen molar-refractivity contribution in [2.24, 2.45) is 0 Å². The fraction of sp³-hybridized carbons (Fsp3) is 0.250. The van der Waals surface area contributed by atoms with Crippen LogP contribution in [0.1, 0.15) is 23.9 Å². The molecular weight excluding hydrogens is 424 g/mol. The number of benzene rings is 3. The number of aromatic nitrogens is 2. The maximum absolute atomic E-state index is 11.2. The highest BCUT2D eigenvalue weighted by molar-refractivity contribution is 5.91. The van der Waals surface area contributed by atoms with Gasteiger partial charge in [-0.1, -0.05) is 47.6 Å². The van der Waals surface area contributed by atoms with Crippen molar-refractivity contribution in [1.82, 2.24) is 15.0 Å². The van der Waals surface area contributed by atoms with Crippen LogP contribution in [0.5, 0.6) is 5.75 Å². The molecule has 0 spiro atoms. The first-order valence-corrected chi connectivity index (χ1v) is 10.6. The van der Waals surface area contributed by atoms with Crippen molar-refractivity contribution >= 4 is 16.5 Å². The van der Waals surface area contributed by atoms with Gasteiger partial charge in [0.2, 0.25) is 11.7 Å². The largest absolute Gasteiger partial charge is 0.733 e. The number of aliphatic hydroxyl groups excluding tert-OH is 1. The van der Waals surface area contributed by atoms with Crippen LogP contribution in [0.3, 0.4) is 0 Å². The third-order valence-corrected chi connectivity index (χ3v) is 6.00. The Morgan fingerprint density at radius 1 is 1.15 bits per heavy atom. The summed E-state index contributed by atoms with van der Waals surface area (Å²) in [7, 11) is 1.66. The van der Waals surface area contributed by atoms with Crippen LogP contribution < -0.4 is 9.96 Å². The molecule has 2 unspecified atom stereocenters. The van der Waals surface area contributed by atoms with E-state index in [1.54, 1.807) is 19.2 Å². The van der Waals surface area contributed by atoms with Gasteiger partial charge in [0.05, 0.1) is 24.9 Å². The lowest BCUT2D eigenvalue weighted by Gasteiger charge is -2.22. The average molecular weight is 447 g/mol. The van der Waals surface area contributed by atoms with E-state index in [1.807, 2.05) is 30.3 Å². The van der Waals surface area contributed by atoms with Crippen LogP contribution in [0, 0.1) is 5.21 Å². The molecule has 2 heterocycles. The Hall–Kier alpha value is -3.50. The highest BCUT2D eigenvalue weighted by Gasteiger charge is 2.36. The van der Waals surface area contributed by atoms with Crippen LogP contribution in [0.4, 0.5) is 5.69 Å². The number of nitrogens with zero attached hydrogens (tertiary/aromatic N) is 4. The zero-order valence-electron chi connectivity index (χ0n) is 18.0. The van der Waals surface area contributed by atoms with Gasteiger partial charge in [-0.05, 0) is 35.6 Å². The molecule has 1 fully saturated rings. The van der Waals surface area contributed by atoms with Crippen molar-refractivity contribution in [3.63, 3.8) is 0 Å². The monoisotopic (exact) mass is 447 g/mol. The summed E-state index contributed by atoms with van der Waals surface area (Å²) in [6, 6.07) is 18.1. The summed E-state index contributed by atoms with van der Waals surface area (Å²) in [4.78, 5) is 6.65. The van der Waals surface area contributed by atoms with Gasteiger partial charge in [0.15, 0.2) is 0 Å². The van der Waals surface area contributed by atoms with Crippen LogP contribution in [0.25, 0.3) is 22.2 Å². The molecule has 170 valence electrons. The number of hydrogen-bond donors (Lipinski definition) is 2. The van der Waals surface area contributed by atoms with Crippen molar-refractivity contribution < 1.29 is 19.6 Å². The molecule has 9 heteroatoms. The van der Waals surface area contributed by atoms with Crippen LogP contribution >= 0.6 is 0 Å². The van der Waals surface area contributed by atoms with Gasteiger partial charge in [0.1, 0.15) is 5.75 Å². The van der Waals surface area contributed by atoms with Crippen molar-refractivity contribution in [2.75, 3.05) is 18.9 Å². The molecule has 0 bridgehead atoms. The lowest BCUT2D eigenvalue weighted by Crippen LogP contribution is -2.24. The minimum atomic E-state index is -0.512. The molecule has 0 aliphatic carbocycles. The van der Waals surface area contributed by atoms with Crippen LogP contribution in [-0.2, 0) is 6.54 Å². The summed E-state index contributed by atoms with van der Waals surface area (Å²) in [6.07, 6.45) is -0.0395. The van der Waals surface area contributed by atoms with Gasteiger partial charge in [-0.3, -0.25) is 10.1 Å². The number of hydrogen-bond acceptors (Lipinski definition) is 9. The van der Waals surface area contributed by atoms with Gasteiger partial charge >= 0.3 is 0 Å². The van der Waals surface area contributed by atoms with E-state index < -0.39 is 6.10 Å². The predicted molar refractivity (Wildman–Crippen MR) is 122 cm³/mol. The highest BCUT2D eigenvalue weighted by atomic mass is 16.8. The van der Waals surface area contributed by atoms with E-state index in [9.17, 15) is 10.3 Å². The Labute approximate surface area is 190 Å². The van der Waals surface area contributed by atoms with Gasteiger partial charge < -0.3 is 24.8 Å². The Bertz CT molecular complexity index is 1270. The molecule has 1 aromatic heterocycles. The molecule has 1 aliphatic heterocycles. The summed E-state index contributed by atoms with van der Waals surface area (Å²) < 4.78 is 11.1. The number of anilines is 1. The quantitative estimate of drug-likeness (QED) is 0.424. The smallest absolute Gasteiger partial charge is 0.244 e. The Kier molecular flexibility index (Phi) is 5.69. The van der Waals surface area contributed by atoms with E-state index in [4.69, 9.17) is 14.5 Å². The second kappa shape index (κ2) is 8.80. The molecule has 4 aromatic rings. The van der Waals surface area contributed by atoms with Gasteiger partial charge in [-0.15, -0.1) is 0 Å². The fourth-order valence-electron chi connectivity index (χ4n) is 4.43. The summed E-state index contributed by atoms with van der Waals surface area (Å²) in [5.74, 6) is 1.52. The van der Waals surface area contributed by atoms with Crippen LogP contribution in [0.2, 0.25) is 0 Å². The summed E-state index contributed by atoms with van der Waals surface area (Å²) in [6.45, 7) is 1.07. The van der Waals surface area contributed by atoms with Crippen LogP contribution in [0.15, 0.2) is 65.2 Å². The first-order chi connectivity index (χ1) is 16.0. The fourth-order valence-corrected chi connectivity index (χ4v) is 4.43. The number of fused-ring (bicyclic) bond motifs is 1. The van der Waals surface area contributed by atoms with Gasteiger partial charge in [0.25, 0.3) is 0 Å². The number of aliphatic hydroxyl groups is 1. The lowest BCUT2D eigenvalue weighted by molar-refractivity contribution is 0.169. The van der Waals surface area contributed by atoms with E-state index >= 15 is 0 Å². The number of rotatable bonds is 6. The lowest BCUT2D eigenvalue weighted by atomic mass is 10.0. The van der Waals surface area contributed by atoms with Gasteiger partial charge in [0, 0.05) is 24.0 Å². The average Bonchev–Trinajstić information content (AvgIpc) is 3.46. The van der Waals surface area contributed by atoms with Crippen molar-refractivity contribution in [1.29, 1.82) is 0 Å². The Balaban J connectivity index is 1.43. The zero-order chi connectivity index (χ0) is 22.9. The van der Waals surface area contributed by atoms with Gasteiger partial charge in [-0.25, -0.2) is 0 Å². The molecule has 2 N–H and O–H groups in total. The van der Waals surface area contributed by atoms with E-state index in [0.29, 0.717) is 36.8 Å². The SMILES string of the molecule is COc1ccc(CN2CC(O)CC2c2nc(-c3cccc(N([O-])O)c3)no2)c2ccccc12. The Morgan fingerprint density at radius 3 is 2.76 bits per heavy atom. The number of β-amino-alcohol motifs (C(OH)–C–C–N with tert-alkyl or cyclic N) is 1. The third-order valence-electron chi connectivity index (χ3n) is 6.00. The molecule has 2 atom stereocenters. The van der Waals surface area contributed by atoms with Gasteiger partial charge in [-0.2, -0.15) is 4.98 Å². The second-order valence-corrected chi connectivity index (χ2v) is 8.09. The molecule has 0 amide bonds. The molecule has 0 radical (unpaired) electrons. The summed E-state index contributed by atoms with van der Waals surface area (Å²) in [5, 5.41) is 36.7. The van der Waals surface area contributed by atoms with Crippen molar-refractivity contribution in [3.8, 4) is 17.1 Å². The zero-order valence-corrected chi connectivity index (χ0v) is 18.0. The molecule has 1 aliphatic rings. The van der Waals surface area contributed by atoms with E-state index in [0.717, 1.165) is 22.1 Å². The van der Waals surface area contributed by atoms with Crippen molar-refractivity contribution in [2.45, 2.75) is 25.1 Å². The maximum atomic E-state index is 11.2. The second-order valence-electron chi connectivity index (χ2n) is 8.09. The number of ether oxygens (including phenoxy) is 1. The molecule has 9 nitrogen and oxygen atoms in total.